The number of carbonyl (C=O) groups excluding carboxylic acids is 2. The third-order valence-corrected chi connectivity index (χ3v) is 5.49. The highest BCUT2D eigenvalue weighted by Crippen LogP contribution is 2.36. The molecular formula is C18H19N3O2S. The van der Waals surface area contributed by atoms with Crippen molar-refractivity contribution >= 4 is 34.0 Å². The lowest BCUT2D eigenvalue weighted by Gasteiger charge is -2.14. The van der Waals surface area contributed by atoms with Crippen molar-refractivity contribution in [1.29, 1.82) is 0 Å². The van der Waals surface area contributed by atoms with E-state index in [0.29, 0.717) is 5.13 Å². The lowest BCUT2D eigenvalue weighted by molar-refractivity contribution is -0.117. The first-order valence-corrected chi connectivity index (χ1v) is 9.04. The Morgan fingerprint density at radius 3 is 2.83 bits per heavy atom. The Bertz CT molecular complexity index is 839. The van der Waals surface area contributed by atoms with E-state index in [4.69, 9.17) is 0 Å². The predicted molar refractivity (Wildman–Crippen MR) is 95.4 cm³/mol. The van der Waals surface area contributed by atoms with Gasteiger partial charge < -0.3 is 10.2 Å². The zero-order valence-corrected chi connectivity index (χ0v) is 14.6. The van der Waals surface area contributed by atoms with Gasteiger partial charge in [-0.15, -0.1) is 11.3 Å². The molecule has 0 saturated heterocycles. The zero-order chi connectivity index (χ0) is 16.8. The van der Waals surface area contributed by atoms with Crippen molar-refractivity contribution in [3.8, 4) is 11.3 Å². The Labute approximate surface area is 144 Å². The Morgan fingerprint density at radius 2 is 2.12 bits per heavy atom. The van der Waals surface area contributed by atoms with Crippen LogP contribution in [0.5, 0.6) is 0 Å². The first-order chi connectivity index (χ1) is 11.5. The highest BCUT2D eigenvalue weighted by molar-refractivity contribution is 7.16. The molecule has 1 aliphatic heterocycles. The van der Waals surface area contributed by atoms with Gasteiger partial charge >= 0.3 is 0 Å². The maximum absolute atomic E-state index is 11.9. The standard InChI is InChI=1S/C18H19N3O2S/c1-10-16(19-18(24-10)20-17(23)12-3-4-12)14-5-6-15-13(9-14)7-8-21(15)11(2)22/h5-6,9,12H,3-4,7-8H2,1-2H3,(H,19,20,23). The normalized spacial score (nSPS) is 16.2. The van der Waals surface area contributed by atoms with E-state index < -0.39 is 0 Å². The van der Waals surface area contributed by atoms with Gasteiger partial charge in [0, 0.05) is 35.5 Å². The summed E-state index contributed by atoms with van der Waals surface area (Å²) < 4.78 is 0. The largest absolute Gasteiger partial charge is 0.312 e. The smallest absolute Gasteiger partial charge is 0.229 e. The second-order valence-electron chi connectivity index (χ2n) is 6.45. The number of fused-ring (bicyclic) bond motifs is 1. The number of aryl methyl sites for hydroxylation is 1. The highest BCUT2D eigenvalue weighted by Gasteiger charge is 2.30. The van der Waals surface area contributed by atoms with Crippen LogP contribution in [0.3, 0.4) is 0 Å². The molecule has 1 aromatic heterocycles. The van der Waals surface area contributed by atoms with Crippen LogP contribution in [0.25, 0.3) is 11.3 Å². The molecule has 0 atom stereocenters. The minimum atomic E-state index is 0.0800. The fraction of sp³-hybridized carbons (Fsp3) is 0.389. The Hall–Kier alpha value is -2.21. The number of hydrogen-bond donors (Lipinski definition) is 1. The molecule has 1 saturated carbocycles. The summed E-state index contributed by atoms with van der Waals surface area (Å²) in [7, 11) is 0. The minimum Gasteiger partial charge on any atom is -0.312 e. The van der Waals surface area contributed by atoms with E-state index in [-0.39, 0.29) is 17.7 Å². The second-order valence-corrected chi connectivity index (χ2v) is 7.65. The summed E-state index contributed by atoms with van der Waals surface area (Å²) in [4.78, 5) is 31.1. The molecule has 1 aromatic carbocycles. The molecule has 124 valence electrons. The van der Waals surface area contributed by atoms with Crippen LogP contribution in [-0.4, -0.2) is 23.3 Å². The van der Waals surface area contributed by atoms with Crippen molar-refractivity contribution in [3.05, 3.63) is 28.6 Å². The molecule has 2 aromatic rings. The molecule has 0 bridgehead atoms. The van der Waals surface area contributed by atoms with Gasteiger partial charge in [0.15, 0.2) is 5.13 Å². The van der Waals surface area contributed by atoms with E-state index in [1.807, 2.05) is 24.0 Å². The molecule has 5 nitrogen and oxygen atoms in total. The fourth-order valence-electron chi connectivity index (χ4n) is 3.15. The van der Waals surface area contributed by atoms with Crippen molar-refractivity contribution in [3.63, 3.8) is 0 Å². The van der Waals surface area contributed by atoms with Gasteiger partial charge in [-0.25, -0.2) is 4.98 Å². The molecule has 2 heterocycles. The van der Waals surface area contributed by atoms with Gasteiger partial charge in [-0.1, -0.05) is 6.07 Å². The molecule has 2 amide bonds. The van der Waals surface area contributed by atoms with Gasteiger partial charge in [0.25, 0.3) is 0 Å². The molecule has 2 aliphatic rings. The van der Waals surface area contributed by atoms with E-state index in [1.165, 1.54) is 16.9 Å². The summed E-state index contributed by atoms with van der Waals surface area (Å²) in [5.74, 6) is 0.341. The highest BCUT2D eigenvalue weighted by atomic mass is 32.1. The molecule has 1 fully saturated rings. The van der Waals surface area contributed by atoms with Crippen LogP contribution in [0.2, 0.25) is 0 Å². The Morgan fingerprint density at radius 1 is 1.33 bits per heavy atom. The summed E-state index contributed by atoms with van der Waals surface area (Å²) in [6.45, 7) is 4.37. The molecule has 0 unspecified atom stereocenters. The van der Waals surface area contributed by atoms with Crippen molar-refractivity contribution in [1.82, 2.24) is 4.98 Å². The van der Waals surface area contributed by atoms with E-state index in [2.05, 4.69) is 16.4 Å². The number of nitrogens with one attached hydrogen (secondary N) is 1. The lowest BCUT2D eigenvalue weighted by Crippen LogP contribution is -2.25. The number of hydrogen-bond acceptors (Lipinski definition) is 4. The van der Waals surface area contributed by atoms with Gasteiger partial charge in [0.05, 0.1) is 5.69 Å². The molecule has 24 heavy (non-hydrogen) atoms. The molecular weight excluding hydrogens is 322 g/mol. The van der Waals surface area contributed by atoms with Crippen LogP contribution in [0, 0.1) is 12.8 Å². The predicted octanol–water partition coefficient (Wildman–Crippen LogP) is 3.38. The number of amides is 2. The van der Waals surface area contributed by atoms with Crippen LogP contribution >= 0.6 is 11.3 Å². The summed E-state index contributed by atoms with van der Waals surface area (Å²) in [5, 5.41) is 3.60. The van der Waals surface area contributed by atoms with Gasteiger partial charge in [0.1, 0.15) is 0 Å². The first-order valence-electron chi connectivity index (χ1n) is 8.22. The molecule has 0 radical (unpaired) electrons. The molecule has 1 aliphatic carbocycles. The number of thiazole rings is 1. The average Bonchev–Trinajstić information content (AvgIpc) is 3.21. The Balaban J connectivity index is 1.61. The fourth-order valence-corrected chi connectivity index (χ4v) is 3.99. The maximum Gasteiger partial charge on any atom is 0.229 e. The topological polar surface area (TPSA) is 62.3 Å². The zero-order valence-electron chi connectivity index (χ0n) is 13.8. The molecule has 1 N–H and O–H groups in total. The first kappa shape index (κ1) is 15.3. The second kappa shape index (κ2) is 5.70. The Kier molecular flexibility index (Phi) is 3.64. The molecule has 0 spiro atoms. The summed E-state index contributed by atoms with van der Waals surface area (Å²) in [6, 6.07) is 6.13. The van der Waals surface area contributed by atoms with E-state index in [9.17, 15) is 9.59 Å². The maximum atomic E-state index is 11.9. The minimum absolute atomic E-state index is 0.0800. The van der Waals surface area contributed by atoms with E-state index in [0.717, 1.165) is 47.6 Å². The van der Waals surface area contributed by atoms with Gasteiger partial charge in [-0.2, -0.15) is 0 Å². The quantitative estimate of drug-likeness (QED) is 0.931. The van der Waals surface area contributed by atoms with Gasteiger partial charge in [-0.3, -0.25) is 9.59 Å². The SMILES string of the molecule is CC(=O)N1CCc2cc(-c3nc(NC(=O)C4CC4)sc3C)ccc21. The monoisotopic (exact) mass is 341 g/mol. The van der Waals surface area contributed by atoms with Crippen molar-refractivity contribution in [2.75, 3.05) is 16.8 Å². The average molecular weight is 341 g/mol. The van der Waals surface area contributed by atoms with Crippen LogP contribution < -0.4 is 10.2 Å². The van der Waals surface area contributed by atoms with Crippen LogP contribution in [0.1, 0.15) is 30.2 Å². The third kappa shape index (κ3) is 2.71. The number of rotatable bonds is 3. The number of anilines is 2. The lowest BCUT2D eigenvalue weighted by atomic mass is 10.1. The van der Waals surface area contributed by atoms with Gasteiger partial charge in [0.2, 0.25) is 11.8 Å². The van der Waals surface area contributed by atoms with Crippen molar-refractivity contribution in [2.24, 2.45) is 5.92 Å². The summed E-state index contributed by atoms with van der Waals surface area (Å²) in [5.41, 5.74) is 4.13. The molecule has 6 heteroatoms. The van der Waals surface area contributed by atoms with Crippen LogP contribution in [-0.2, 0) is 16.0 Å². The number of benzene rings is 1. The number of nitrogens with zero attached hydrogens (tertiary/aromatic N) is 2. The molecule has 4 rings (SSSR count). The van der Waals surface area contributed by atoms with Gasteiger partial charge in [-0.05, 0) is 43.9 Å². The van der Waals surface area contributed by atoms with E-state index in [1.54, 1.807) is 6.92 Å². The number of aromatic nitrogens is 1. The van der Waals surface area contributed by atoms with E-state index >= 15 is 0 Å². The van der Waals surface area contributed by atoms with Crippen molar-refractivity contribution < 1.29 is 9.59 Å². The summed E-state index contributed by atoms with van der Waals surface area (Å²) in [6.07, 6.45) is 2.85. The van der Waals surface area contributed by atoms with Crippen molar-refractivity contribution in [2.45, 2.75) is 33.1 Å². The summed E-state index contributed by atoms with van der Waals surface area (Å²) >= 11 is 1.51. The van der Waals surface area contributed by atoms with Crippen LogP contribution in [0.4, 0.5) is 10.8 Å². The third-order valence-electron chi connectivity index (χ3n) is 4.60. The van der Waals surface area contributed by atoms with Crippen LogP contribution in [0.15, 0.2) is 18.2 Å². The number of carbonyl (C=O) groups is 2.